The van der Waals surface area contributed by atoms with Crippen molar-refractivity contribution in [1.82, 2.24) is 14.5 Å². The number of likely N-dealkylation sites (tertiary alicyclic amines) is 1. The van der Waals surface area contributed by atoms with Crippen molar-refractivity contribution in [3.8, 4) is 0 Å². The Labute approximate surface area is 173 Å². The highest BCUT2D eigenvalue weighted by molar-refractivity contribution is 6.30. The molecule has 0 saturated carbocycles. The van der Waals surface area contributed by atoms with Crippen LogP contribution in [-0.4, -0.2) is 33.4 Å². The summed E-state index contributed by atoms with van der Waals surface area (Å²) in [5.74, 6) is 0.222. The van der Waals surface area contributed by atoms with E-state index in [0.29, 0.717) is 54.2 Å². The number of benzene rings is 1. The van der Waals surface area contributed by atoms with Crippen molar-refractivity contribution in [2.24, 2.45) is 0 Å². The molecule has 10 heteroatoms. The SMILES string of the molecule is O=C(Cn1cc(C(F)(F)F)cc(Cl)c1=O)N1CCC(c2nc3ccccc3o2)CC1. The predicted octanol–water partition coefficient (Wildman–Crippen LogP) is 4.07. The van der Waals surface area contributed by atoms with E-state index >= 15 is 0 Å². The number of oxazole rings is 1. The molecule has 1 saturated heterocycles. The van der Waals surface area contributed by atoms with Crippen LogP contribution in [0, 0.1) is 0 Å². The van der Waals surface area contributed by atoms with E-state index in [1.807, 2.05) is 24.3 Å². The van der Waals surface area contributed by atoms with Crippen LogP contribution in [0.15, 0.2) is 45.7 Å². The molecule has 6 nitrogen and oxygen atoms in total. The number of nitrogens with zero attached hydrogens (tertiary/aromatic N) is 3. The minimum Gasteiger partial charge on any atom is -0.440 e. The van der Waals surface area contributed by atoms with E-state index in [9.17, 15) is 22.8 Å². The van der Waals surface area contributed by atoms with Crippen LogP contribution < -0.4 is 5.56 Å². The maximum absolute atomic E-state index is 13.0. The van der Waals surface area contributed by atoms with Gasteiger partial charge in [-0.2, -0.15) is 13.2 Å². The van der Waals surface area contributed by atoms with Crippen molar-refractivity contribution < 1.29 is 22.4 Å². The maximum Gasteiger partial charge on any atom is 0.417 e. The quantitative estimate of drug-likeness (QED) is 0.617. The van der Waals surface area contributed by atoms with Gasteiger partial charge in [-0.25, -0.2) is 4.98 Å². The van der Waals surface area contributed by atoms with E-state index in [4.69, 9.17) is 16.0 Å². The molecule has 30 heavy (non-hydrogen) atoms. The normalized spacial score (nSPS) is 15.7. The standard InChI is InChI=1S/C20H17ClF3N3O3/c21-14-9-13(20(22,23)24)10-27(19(14)29)11-17(28)26-7-5-12(6-8-26)18-25-15-3-1-2-4-16(15)30-18/h1-4,9-10,12H,5-8,11H2. The Hall–Kier alpha value is -2.81. The monoisotopic (exact) mass is 439 g/mol. The summed E-state index contributed by atoms with van der Waals surface area (Å²) in [5.41, 5.74) is -0.437. The number of amides is 1. The zero-order chi connectivity index (χ0) is 21.5. The third kappa shape index (κ3) is 4.07. The summed E-state index contributed by atoms with van der Waals surface area (Å²) in [5, 5.41) is -0.577. The number of halogens is 4. The number of aromatic nitrogens is 2. The molecule has 0 aliphatic carbocycles. The van der Waals surface area contributed by atoms with Crippen molar-refractivity contribution in [1.29, 1.82) is 0 Å². The molecule has 3 aromatic rings. The molecule has 1 amide bonds. The van der Waals surface area contributed by atoms with Gasteiger partial charge in [0.25, 0.3) is 5.56 Å². The summed E-state index contributed by atoms with van der Waals surface area (Å²) in [6.45, 7) is 0.281. The molecule has 0 radical (unpaired) electrons. The third-order valence-electron chi connectivity index (χ3n) is 5.18. The van der Waals surface area contributed by atoms with E-state index in [-0.39, 0.29) is 5.92 Å². The molecular weight excluding hydrogens is 423 g/mol. The van der Waals surface area contributed by atoms with Crippen LogP contribution in [-0.2, 0) is 17.5 Å². The molecule has 0 spiro atoms. The number of piperidine rings is 1. The Balaban J connectivity index is 1.43. The first-order chi connectivity index (χ1) is 14.2. The Morgan fingerprint density at radius 3 is 2.60 bits per heavy atom. The van der Waals surface area contributed by atoms with Gasteiger partial charge in [0.05, 0.1) is 5.56 Å². The fourth-order valence-corrected chi connectivity index (χ4v) is 3.78. The summed E-state index contributed by atoms with van der Waals surface area (Å²) in [6.07, 6.45) is -2.83. The maximum atomic E-state index is 13.0. The molecule has 0 unspecified atom stereocenters. The van der Waals surface area contributed by atoms with Crippen LogP contribution in [0.5, 0.6) is 0 Å². The van der Waals surface area contributed by atoms with E-state index in [2.05, 4.69) is 4.98 Å². The van der Waals surface area contributed by atoms with Crippen molar-refractivity contribution in [2.45, 2.75) is 31.5 Å². The molecule has 4 rings (SSSR count). The molecule has 0 bridgehead atoms. The number of hydrogen-bond donors (Lipinski definition) is 0. The highest BCUT2D eigenvalue weighted by Crippen LogP contribution is 2.31. The summed E-state index contributed by atoms with van der Waals surface area (Å²) >= 11 is 5.64. The Morgan fingerprint density at radius 2 is 1.93 bits per heavy atom. The number of para-hydroxylation sites is 2. The zero-order valence-corrected chi connectivity index (χ0v) is 16.4. The van der Waals surface area contributed by atoms with E-state index < -0.39 is 34.8 Å². The van der Waals surface area contributed by atoms with Gasteiger partial charge in [-0.1, -0.05) is 23.7 Å². The summed E-state index contributed by atoms with van der Waals surface area (Å²) < 4.78 is 45.4. The average molecular weight is 440 g/mol. The van der Waals surface area contributed by atoms with Crippen LogP contribution in [0.3, 0.4) is 0 Å². The van der Waals surface area contributed by atoms with Gasteiger partial charge in [0, 0.05) is 25.2 Å². The fraction of sp³-hybridized carbons (Fsp3) is 0.350. The highest BCUT2D eigenvalue weighted by atomic mass is 35.5. The lowest BCUT2D eigenvalue weighted by Crippen LogP contribution is -2.41. The predicted molar refractivity (Wildman–Crippen MR) is 103 cm³/mol. The second-order valence-electron chi connectivity index (χ2n) is 7.18. The lowest BCUT2D eigenvalue weighted by atomic mass is 9.97. The Kier molecular flexibility index (Phi) is 5.31. The number of fused-ring (bicyclic) bond motifs is 1. The number of carbonyl (C=O) groups excluding carboxylic acids is 1. The number of rotatable bonds is 3. The minimum absolute atomic E-state index is 0.0483. The molecule has 1 fully saturated rings. The largest absolute Gasteiger partial charge is 0.440 e. The van der Waals surface area contributed by atoms with Crippen LogP contribution in [0.1, 0.15) is 30.2 Å². The first-order valence-corrected chi connectivity index (χ1v) is 9.70. The van der Waals surface area contributed by atoms with Crippen LogP contribution in [0.25, 0.3) is 11.1 Å². The van der Waals surface area contributed by atoms with E-state index in [1.165, 1.54) is 4.90 Å². The Morgan fingerprint density at radius 1 is 1.23 bits per heavy atom. The van der Waals surface area contributed by atoms with Crippen molar-refractivity contribution >= 4 is 28.6 Å². The summed E-state index contributed by atoms with van der Waals surface area (Å²) in [6, 6.07) is 8.00. The Bertz CT molecular complexity index is 1110. The van der Waals surface area contributed by atoms with Gasteiger partial charge in [0.1, 0.15) is 17.1 Å². The molecule has 0 N–H and O–H groups in total. The van der Waals surface area contributed by atoms with E-state index in [0.717, 1.165) is 5.52 Å². The first kappa shape index (κ1) is 20.5. The second-order valence-corrected chi connectivity index (χ2v) is 7.59. The number of alkyl halides is 3. The highest BCUT2D eigenvalue weighted by Gasteiger charge is 2.33. The minimum atomic E-state index is -4.67. The van der Waals surface area contributed by atoms with Gasteiger partial charge >= 0.3 is 6.18 Å². The smallest absolute Gasteiger partial charge is 0.417 e. The second kappa shape index (κ2) is 7.79. The van der Waals surface area contributed by atoms with Crippen LogP contribution in [0.4, 0.5) is 13.2 Å². The average Bonchev–Trinajstić information content (AvgIpc) is 3.15. The van der Waals surface area contributed by atoms with Crippen molar-refractivity contribution in [2.75, 3.05) is 13.1 Å². The van der Waals surface area contributed by atoms with Gasteiger partial charge in [0.15, 0.2) is 11.5 Å². The molecule has 1 aliphatic heterocycles. The number of pyridine rings is 1. The van der Waals surface area contributed by atoms with E-state index in [1.54, 1.807) is 0 Å². The molecular formula is C20H17ClF3N3O3. The molecule has 1 aliphatic rings. The molecule has 158 valence electrons. The van der Waals surface area contributed by atoms with Gasteiger partial charge in [-0.05, 0) is 31.0 Å². The fourth-order valence-electron chi connectivity index (χ4n) is 3.56. The molecule has 2 aromatic heterocycles. The van der Waals surface area contributed by atoms with Crippen LogP contribution in [0.2, 0.25) is 5.02 Å². The molecule has 3 heterocycles. The first-order valence-electron chi connectivity index (χ1n) is 9.33. The topological polar surface area (TPSA) is 68.3 Å². The van der Waals surface area contributed by atoms with Crippen LogP contribution >= 0.6 is 11.6 Å². The third-order valence-corrected chi connectivity index (χ3v) is 5.45. The lowest BCUT2D eigenvalue weighted by Gasteiger charge is -2.30. The van der Waals surface area contributed by atoms with Gasteiger partial charge in [0.2, 0.25) is 5.91 Å². The summed E-state index contributed by atoms with van der Waals surface area (Å²) in [7, 11) is 0. The molecule has 1 aromatic carbocycles. The van der Waals surface area contributed by atoms with Crippen molar-refractivity contribution in [3.05, 3.63) is 63.4 Å². The number of hydrogen-bond acceptors (Lipinski definition) is 4. The summed E-state index contributed by atoms with van der Waals surface area (Å²) in [4.78, 5) is 30.7. The zero-order valence-electron chi connectivity index (χ0n) is 15.7. The molecule has 0 atom stereocenters. The number of carbonyl (C=O) groups is 1. The van der Waals surface area contributed by atoms with Gasteiger partial charge in [-0.3, -0.25) is 9.59 Å². The van der Waals surface area contributed by atoms with Crippen molar-refractivity contribution in [3.63, 3.8) is 0 Å². The lowest BCUT2D eigenvalue weighted by molar-refractivity contribution is -0.139. The van der Waals surface area contributed by atoms with Gasteiger partial charge in [-0.15, -0.1) is 0 Å². The van der Waals surface area contributed by atoms with Gasteiger partial charge < -0.3 is 13.9 Å².